The topological polar surface area (TPSA) is 42.7 Å². The van der Waals surface area contributed by atoms with E-state index in [1.165, 1.54) is 4.68 Å². The van der Waals surface area contributed by atoms with Gasteiger partial charge in [0.25, 0.3) is 5.92 Å². The number of rotatable bonds is 2. The fraction of sp³-hybridized carbons (Fsp3) is 0.750. The van der Waals surface area contributed by atoms with Gasteiger partial charge in [0, 0.05) is 26.4 Å². The zero-order valence-electron chi connectivity index (χ0n) is 7.93. The van der Waals surface area contributed by atoms with E-state index in [1.54, 1.807) is 0 Å². The Morgan fingerprint density at radius 1 is 1.57 bits per heavy atom. The maximum atomic E-state index is 12.7. The van der Waals surface area contributed by atoms with Crippen LogP contribution in [0.25, 0.3) is 0 Å². The van der Waals surface area contributed by atoms with E-state index in [2.05, 4.69) is 15.6 Å². The Morgan fingerprint density at radius 2 is 2.36 bits per heavy atom. The van der Waals surface area contributed by atoms with Crippen LogP contribution in [0.4, 0.5) is 8.78 Å². The molecule has 2 heterocycles. The first-order chi connectivity index (χ1) is 6.56. The van der Waals surface area contributed by atoms with Crippen molar-refractivity contribution in [3.8, 4) is 0 Å². The van der Waals surface area contributed by atoms with Crippen molar-refractivity contribution < 1.29 is 8.78 Å². The molecule has 1 N–H and O–H groups in total. The molecule has 0 saturated heterocycles. The quantitative estimate of drug-likeness (QED) is 0.762. The second kappa shape index (κ2) is 3.27. The van der Waals surface area contributed by atoms with Crippen LogP contribution in [0.1, 0.15) is 18.3 Å². The maximum absolute atomic E-state index is 12.7. The Hall–Kier alpha value is -1.04. The molecule has 4 nitrogen and oxygen atoms in total. The Kier molecular flexibility index (Phi) is 2.22. The first-order valence-corrected chi connectivity index (χ1v) is 4.56. The van der Waals surface area contributed by atoms with E-state index in [-0.39, 0.29) is 0 Å². The third kappa shape index (κ3) is 1.89. The van der Waals surface area contributed by atoms with Crippen LogP contribution in [0.5, 0.6) is 0 Å². The lowest BCUT2D eigenvalue weighted by Crippen LogP contribution is -2.28. The van der Waals surface area contributed by atoms with Crippen molar-refractivity contribution in [2.45, 2.75) is 32.4 Å². The summed E-state index contributed by atoms with van der Waals surface area (Å²) in [4.78, 5) is 0. The molecule has 0 radical (unpaired) electrons. The number of aromatic nitrogens is 3. The number of nitrogens with zero attached hydrogens (tertiary/aromatic N) is 3. The number of alkyl halides is 2. The molecule has 1 aromatic rings. The van der Waals surface area contributed by atoms with Gasteiger partial charge in [0.15, 0.2) is 0 Å². The normalized spacial score (nSPS) is 16.8. The van der Waals surface area contributed by atoms with Crippen molar-refractivity contribution in [1.29, 1.82) is 0 Å². The predicted octanol–water partition coefficient (Wildman–Crippen LogP) is 0.579. The smallest absolute Gasteiger partial charge is 0.264 e. The van der Waals surface area contributed by atoms with Gasteiger partial charge in [-0.1, -0.05) is 5.21 Å². The SMILES string of the molecule is CC(F)(F)Cn1nnc2c1CNCC2. The zero-order chi connectivity index (χ0) is 10.2. The Morgan fingerprint density at radius 3 is 3.07 bits per heavy atom. The lowest BCUT2D eigenvalue weighted by molar-refractivity contribution is -0.000807. The molecule has 0 aromatic carbocycles. The van der Waals surface area contributed by atoms with Gasteiger partial charge in [-0.2, -0.15) is 0 Å². The summed E-state index contributed by atoms with van der Waals surface area (Å²) in [5.74, 6) is -2.74. The third-order valence-corrected chi connectivity index (χ3v) is 2.18. The minimum Gasteiger partial charge on any atom is -0.311 e. The highest BCUT2D eigenvalue weighted by Gasteiger charge is 2.26. The largest absolute Gasteiger partial charge is 0.311 e. The molecule has 0 amide bonds. The summed E-state index contributed by atoms with van der Waals surface area (Å²) in [6, 6.07) is 0. The fourth-order valence-corrected chi connectivity index (χ4v) is 1.56. The first kappa shape index (κ1) is 9.51. The molecule has 6 heteroatoms. The van der Waals surface area contributed by atoms with Crippen LogP contribution in [0.2, 0.25) is 0 Å². The molecule has 78 valence electrons. The van der Waals surface area contributed by atoms with Gasteiger partial charge in [-0.3, -0.25) is 0 Å². The number of hydrogen-bond donors (Lipinski definition) is 1. The van der Waals surface area contributed by atoms with Crippen molar-refractivity contribution in [3.63, 3.8) is 0 Å². The molecule has 14 heavy (non-hydrogen) atoms. The minimum absolute atomic E-state index is 0.392. The van der Waals surface area contributed by atoms with Crippen molar-refractivity contribution in [2.75, 3.05) is 6.54 Å². The van der Waals surface area contributed by atoms with Crippen LogP contribution in [0.15, 0.2) is 0 Å². The molecule has 2 rings (SSSR count). The number of nitrogens with one attached hydrogen (secondary N) is 1. The summed E-state index contributed by atoms with van der Waals surface area (Å²) in [7, 11) is 0. The zero-order valence-corrected chi connectivity index (χ0v) is 7.93. The van der Waals surface area contributed by atoms with E-state index in [1.807, 2.05) is 0 Å². The monoisotopic (exact) mass is 202 g/mol. The molecule has 1 aliphatic rings. The first-order valence-electron chi connectivity index (χ1n) is 4.56. The maximum Gasteiger partial charge on any atom is 0.264 e. The second-order valence-corrected chi connectivity index (χ2v) is 3.64. The van der Waals surface area contributed by atoms with E-state index >= 15 is 0 Å². The molecule has 0 aliphatic carbocycles. The van der Waals surface area contributed by atoms with Crippen LogP contribution >= 0.6 is 0 Å². The molecule has 1 aromatic heterocycles. The highest BCUT2D eigenvalue weighted by atomic mass is 19.3. The van der Waals surface area contributed by atoms with Crippen molar-refractivity contribution in [2.24, 2.45) is 0 Å². The van der Waals surface area contributed by atoms with E-state index in [0.717, 1.165) is 31.3 Å². The van der Waals surface area contributed by atoms with Crippen molar-refractivity contribution >= 4 is 0 Å². The Balaban J connectivity index is 2.22. The average molecular weight is 202 g/mol. The molecular formula is C8H12F2N4. The van der Waals surface area contributed by atoms with Crippen molar-refractivity contribution in [3.05, 3.63) is 11.4 Å². The average Bonchev–Trinajstić information content (AvgIpc) is 2.47. The van der Waals surface area contributed by atoms with Gasteiger partial charge in [-0.05, 0) is 0 Å². The second-order valence-electron chi connectivity index (χ2n) is 3.64. The lowest BCUT2D eigenvalue weighted by Gasteiger charge is -2.15. The van der Waals surface area contributed by atoms with Gasteiger partial charge < -0.3 is 5.32 Å². The predicted molar refractivity (Wildman–Crippen MR) is 46.1 cm³/mol. The summed E-state index contributed by atoms with van der Waals surface area (Å²) < 4.78 is 26.8. The third-order valence-electron chi connectivity index (χ3n) is 2.18. The summed E-state index contributed by atoms with van der Waals surface area (Å²) in [5, 5.41) is 10.7. The number of hydrogen-bond acceptors (Lipinski definition) is 3. The van der Waals surface area contributed by atoms with E-state index < -0.39 is 12.5 Å². The molecule has 0 unspecified atom stereocenters. The molecule has 0 atom stereocenters. The van der Waals surface area contributed by atoms with Gasteiger partial charge >= 0.3 is 0 Å². The Labute approximate surface area is 80.3 Å². The van der Waals surface area contributed by atoms with Crippen LogP contribution in [-0.4, -0.2) is 27.5 Å². The van der Waals surface area contributed by atoms with Crippen LogP contribution in [0, 0.1) is 0 Å². The van der Waals surface area contributed by atoms with Gasteiger partial charge in [-0.25, -0.2) is 13.5 Å². The van der Waals surface area contributed by atoms with E-state index in [9.17, 15) is 8.78 Å². The van der Waals surface area contributed by atoms with E-state index in [4.69, 9.17) is 0 Å². The van der Waals surface area contributed by atoms with Gasteiger partial charge in [0.2, 0.25) is 0 Å². The Bertz CT molecular complexity index is 329. The van der Waals surface area contributed by atoms with Gasteiger partial charge in [0.1, 0.15) is 6.54 Å². The van der Waals surface area contributed by atoms with Crippen LogP contribution in [-0.2, 0) is 19.5 Å². The summed E-state index contributed by atoms with van der Waals surface area (Å²) in [6.07, 6.45) is 0.768. The lowest BCUT2D eigenvalue weighted by atomic mass is 10.2. The fourth-order valence-electron chi connectivity index (χ4n) is 1.56. The summed E-state index contributed by atoms with van der Waals surface area (Å²) in [5.41, 5.74) is 1.63. The summed E-state index contributed by atoms with van der Waals surface area (Å²) in [6.45, 7) is 1.92. The van der Waals surface area contributed by atoms with Crippen LogP contribution < -0.4 is 5.32 Å². The standard InChI is InChI=1S/C8H12F2N4/c1-8(9,10)5-14-7-4-11-3-2-6(7)12-13-14/h11H,2-5H2,1H3. The molecule has 0 fully saturated rings. The summed E-state index contributed by atoms with van der Waals surface area (Å²) >= 11 is 0. The molecule has 0 spiro atoms. The highest BCUT2D eigenvalue weighted by molar-refractivity contribution is 5.13. The molecule has 0 saturated carbocycles. The van der Waals surface area contributed by atoms with Crippen molar-refractivity contribution in [1.82, 2.24) is 20.3 Å². The van der Waals surface area contributed by atoms with E-state index in [0.29, 0.717) is 6.54 Å². The molecule has 0 bridgehead atoms. The number of fused-ring (bicyclic) bond motifs is 1. The number of halogens is 2. The van der Waals surface area contributed by atoms with Gasteiger partial charge in [0.05, 0.1) is 11.4 Å². The minimum atomic E-state index is -2.74. The van der Waals surface area contributed by atoms with Crippen LogP contribution in [0.3, 0.4) is 0 Å². The highest BCUT2D eigenvalue weighted by Crippen LogP contribution is 2.17. The van der Waals surface area contributed by atoms with Gasteiger partial charge in [-0.15, -0.1) is 5.10 Å². The molecular weight excluding hydrogens is 190 g/mol. The molecule has 1 aliphatic heterocycles.